The minimum absolute atomic E-state index is 0.0217. The molecule has 0 bridgehead atoms. The highest BCUT2D eigenvalue weighted by atomic mass is 16.3. The zero-order chi connectivity index (χ0) is 16.3. The number of ketones is 1. The number of aliphatic hydroxyl groups excluding tert-OH is 2. The van der Waals surface area contributed by atoms with E-state index in [1.165, 1.54) is 6.29 Å². The molecule has 2 radical (unpaired) electrons. The van der Waals surface area contributed by atoms with Crippen molar-refractivity contribution in [3.63, 3.8) is 0 Å². The van der Waals surface area contributed by atoms with Crippen LogP contribution in [0.1, 0.15) is 10.4 Å². The molecule has 22 heavy (non-hydrogen) atoms. The Morgan fingerprint density at radius 2 is 1.73 bits per heavy atom. The fourth-order valence-corrected chi connectivity index (χ4v) is 1.96. The molecule has 0 aliphatic heterocycles. The molecule has 0 aromatic heterocycles. The average Bonchev–Trinajstić information content (AvgIpc) is 2.53. The Hall–Kier alpha value is -2.70. The van der Waals surface area contributed by atoms with E-state index in [0.717, 1.165) is 0 Å². The van der Waals surface area contributed by atoms with E-state index in [9.17, 15) is 19.8 Å². The lowest BCUT2D eigenvalue weighted by molar-refractivity contribution is 0.0440. The van der Waals surface area contributed by atoms with Crippen LogP contribution in [0.3, 0.4) is 0 Å². The summed E-state index contributed by atoms with van der Waals surface area (Å²) >= 11 is 0. The minimum atomic E-state index is -1.93. The SMILES string of the molecule is Nc1[c]c(C(=O)C(O)C(O)[C]=O)c(-c2ccc(N)cc2)cc1. The first-order valence-corrected chi connectivity index (χ1v) is 6.39. The maximum absolute atomic E-state index is 12.3. The van der Waals surface area contributed by atoms with Gasteiger partial charge in [-0.15, -0.1) is 0 Å². The molecule has 0 saturated heterocycles. The lowest BCUT2D eigenvalue weighted by Gasteiger charge is -2.14. The molecular formula is C16H14N2O4. The maximum Gasteiger partial charge on any atom is 0.232 e. The first-order valence-electron chi connectivity index (χ1n) is 6.39. The van der Waals surface area contributed by atoms with E-state index in [4.69, 9.17) is 11.5 Å². The number of aliphatic hydroxyl groups is 2. The van der Waals surface area contributed by atoms with Crippen LogP contribution in [-0.4, -0.2) is 34.5 Å². The van der Waals surface area contributed by atoms with Crippen molar-refractivity contribution in [3.05, 3.63) is 48.0 Å². The van der Waals surface area contributed by atoms with Gasteiger partial charge in [0.1, 0.15) is 0 Å². The topological polar surface area (TPSA) is 127 Å². The number of rotatable bonds is 5. The van der Waals surface area contributed by atoms with Gasteiger partial charge in [-0.2, -0.15) is 0 Å². The molecule has 0 aliphatic carbocycles. The quantitative estimate of drug-likeness (QED) is 0.465. The van der Waals surface area contributed by atoms with Gasteiger partial charge in [0.15, 0.2) is 18.0 Å². The number of hydrogen-bond donors (Lipinski definition) is 4. The normalized spacial score (nSPS) is 13.4. The van der Waals surface area contributed by atoms with E-state index < -0.39 is 18.0 Å². The Balaban J connectivity index is 2.50. The molecule has 2 aromatic rings. The summed E-state index contributed by atoms with van der Waals surface area (Å²) in [5.41, 5.74) is 13.1. The largest absolute Gasteiger partial charge is 0.399 e. The number of carbonyl (C=O) groups excluding carboxylic acids is 2. The van der Waals surface area contributed by atoms with E-state index in [1.54, 1.807) is 36.4 Å². The molecule has 2 atom stereocenters. The lowest BCUT2D eigenvalue weighted by Crippen LogP contribution is -2.35. The molecule has 0 aliphatic rings. The van der Waals surface area contributed by atoms with Gasteiger partial charge >= 0.3 is 0 Å². The van der Waals surface area contributed by atoms with E-state index in [1.807, 2.05) is 0 Å². The van der Waals surface area contributed by atoms with Crippen LogP contribution in [0.25, 0.3) is 11.1 Å². The smallest absolute Gasteiger partial charge is 0.232 e. The van der Waals surface area contributed by atoms with Crippen LogP contribution in [0.4, 0.5) is 11.4 Å². The minimum Gasteiger partial charge on any atom is -0.399 e. The third-order valence-electron chi connectivity index (χ3n) is 3.12. The van der Waals surface area contributed by atoms with Crippen LogP contribution < -0.4 is 11.5 Å². The molecule has 2 aromatic carbocycles. The third-order valence-corrected chi connectivity index (χ3v) is 3.12. The molecule has 0 saturated carbocycles. The first kappa shape index (κ1) is 15.7. The summed E-state index contributed by atoms with van der Waals surface area (Å²) in [6, 6.07) is 12.5. The van der Waals surface area contributed by atoms with Crippen LogP contribution in [0.5, 0.6) is 0 Å². The van der Waals surface area contributed by atoms with Gasteiger partial charge in [-0.25, -0.2) is 0 Å². The second-order valence-corrected chi connectivity index (χ2v) is 4.70. The lowest BCUT2D eigenvalue weighted by atomic mass is 9.93. The molecule has 6 nitrogen and oxygen atoms in total. The van der Waals surface area contributed by atoms with E-state index >= 15 is 0 Å². The van der Waals surface area contributed by atoms with Crippen molar-refractivity contribution >= 4 is 23.4 Å². The summed E-state index contributed by atoms with van der Waals surface area (Å²) in [6.07, 6.45) is -2.69. The molecule has 112 valence electrons. The van der Waals surface area contributed by atoms with Crippen molar-refractivity contribution in [2.45, 2.75) is 12.2 Å². The molecule has 2 unspecified atom stereocenters. The Morgan fingerprint density at radius 1 is 1.09 bits per heavy atom. The highest BCUT2D eigenvalue weighted by Gasteiger charge is 2.28. The van der Waals surface area contributed by atoms with Gasteiger partial charge in [-0.05, 0) is 29.3 Å². The van der Waals surface area contributed by atoms with Crippen molar-refractivity contribution in [1.29, 1.82) is 0 Å². The van der Waals surface area contributed by atoms with Gasteiger partial charge in [0, 0.05) is 23.0 Å². The monoisotopic (exact) mass is 298 g/mol. The number of carbonyl (C=O) groups is 1. The number of benzene rings is 2. The van der Waals surface area contributed by atoms with Crippen molar-refractivity contribution in [1.82, 2.24) is 0 Å². The second-order valence-electron chi connectivity index (χ2n) is 4.70. The van der Waals surface area contributed by atoms with Crippen molar-refractivity contribution in [3.8, 4) is 11.1 Å². The van der Waals surface area contributed by atoms with Crippen LogP contribution in [0.15, 0.2) is 36.4 Å². The Labute approximate surface area is 127 Å². The summed E-state index contributed by atoms with van der Waals surface area (Å²) in [6.45, 7) is 0. The Bertz CT molecular complexity index is 698. The summed E-state index contributed by atoms with van der Waals surface area (Å²) in [4.78, 5) is 22.7. The molecule has 0 fully saturated rings. The standard InChI is InChI=1S/C16H14N2O4/c17-10-3-1-9(2-4-10)12-6-5-11(18)7-13(12)15(21)16(22)14(20)8-19/h1-6,14,16,20,22H,17-18H2. The second kappa shape index (κ2) is 6.38. The van der Waals surface area contributed by atoms with Crippen molar-refractivity contribution < 1.29 is 19.8 Å². The van der Waals surface area contributed by atoms with Gasteiger partial charge in [-0.3, -0.25) is 9.59 Å². The summed E-state index contributed by atoms with van der Waals surface area (Å²) in [5.74, 6) is -0.866. The Morgan fingerprint density at radius 3 is 2.32 bits per heavy atom. The number of hydrogen-bond acceptors (Lipinski definition) is 6. The highest BCUT2D eigenvalue weighted by Crippen LogP contribution is 2.27. The molecular weight excluding hydrogens is 284 g/mol. The summed E-state index contributed by atoms with van der Waals surface area (Å²) in [7, 11) is 0. The number of nitrogen functional groups attached to an aromatic ring is 2. The van der Waals surface area contributed by atoms with Gasteiger partial charge in [0.25, 0.3) is 0 Å². The molecule has 6 heteroatoms. The molecule has 0 heterocycles. The number of Topliss-reactive ketones (excluding diaryl/α,β-unsaturated/α-hetero) is 1. The van der Waals surface area contributed by atoms with Crippen molar-refractivity contribution in [2.75, 3.05) is 11.5 Å². The van der Waals surface area contributed by atoms with Crippen LogP contribution in [-0.2, 0) is 4.79 Å². The predicted molar refractivity (Wildman–Crippen MR) is 81.6 cm³/mol. The van der Waals surface area contributed by atoms with E-state index in [0.29, 0.717) is 16.8 Å². The van der Waals surface area contributed by atoms with Gasteiger partial charge in [-0.1, -0.05) is 18.2 Å². The van der Waals surface area contributed by atoms with Crippen molar-refractivity contribution in [2.24, 2.45) is 0 Å². The van der Waals surface area contributed by atoms with Crippen LogP contribution in [0, 0.1) is 6.07 Å². The fraction of sp³-hybridized carbons (Fsp3) is 0.125. The van der Waals surface area contributed by atoms with Crippen LogP contribution >= 0.6 is 0 Å². The Kier molecular flexibility index (Phi) is 4.55. The summed E-state index contributed by atoms with van der Waals surface area (Å²) in [5, 5.41) is 19.0. The predicted octanol–water partition coefficient (Wildman–Crippen LogP) is 0.332. The summed E-state index contributed by atoms with van der Waals surface area (Å²) < 4.78 is 0. The van der Waals surface area contributed by atoms with E-state index in [-0.39, 0.29) is 11.3 Å². The fourth-order valence-electron chi connectivity index (χ4n) is 1.96. The average molecular weight is 298 g/mol. The first-order chi connectivity index (χ1) is 10.4. The van der Waals surface area contributed by atoms with Crippen LogP contribution in [0.2, 0.25) is 0 Å². The molecule has 0 spiro atoms. The molecule has 6 N–H and O–H groups in total. The van der Waals surface area contributed by atoms with E-state index in [2.05, 4.69) is 6.07 Å². The number of nitrogens with two attached hydrogens (primary N) is 2. The highest BCUT2D eigenvalue weighted by molar-refractivity contribution is 6.06. The van der Waals surface area contributed by atoms with Gasteiger partial charge < -0.3 is 21.7 Å². The van der Waals surface area contributed by atoms with Gasteiger partial charge in [0.2, 0.25) is 6.29 Å². The third kappa shape index (κ3) is 3.13. The zero-order valence-corrected chi connectivity index (χ0v) is 11.5. The number of anilines is 2. The molecule has 2 rings (SSSR count). The maximum atomic E-state index is 12.3. The zero-order valence-electron chi connectivity index (χ0n) is 11.5. The van der Waals surface area contributed by atoms with Gasteiger partial charge in [0.05, 0.1) is 0 Å². The molecule has 0 amide bonds.